The third kappa shape index (κ3) is 3.84. The number of halogens is 1. The molecule has 0 aromatic heterocycles. The standard InChI is InChI=1S/C17H21BrN2/c1-13-10-17(9-6-15(13)11-19-2)20(3)12-14-4-7-16(18)8-5-14/h4-10,19H,11-12H2,1-3H3. The van der Waals surface area contributed by atoms with Gasteiger partial charge in [0.2, 0.25) is 0 Å². The minimum absolute atomic E-state index is 0.915. The summed E-state index contributed by atoms with van der Waals surface area (Å²) in [4.78, 5) is 2.28. The monoisotopic (exact) mass is 332 g/mol. The molecule has 0 saturated heterocycles. The Bertz CT molecular complexity index is 564. The van der Waals surface area contributed by atoms with Crippen molar-refractivity contribution in [3.8, 4) is 0 Å². The highest BCUT2D eigenvalue weighted by molar-refractivity contribution is 9.10. The summed E-state index contributed by atoms with van der Waals surface area (Å²) in [5.74, 6) is 0. The Morgan fingerprint density at radius 1 is 1.10 bits per heavy atom. The first kappa shape index (κ1) is 15.1. The molecule has 3 heteroatoms. The molecule has 0 saturated carbocycles. The maximum atomic E-state index is 3.47. The summed E-state index contributed by atoms with van der Waals surface area (Å²) in [7, 11) is 4.11. The van der Waals surface area contributed by atoms with Gasteiger partial charge in [0.1, 0.15) is 0 Å². The first-order chi connectivity index (χ1) is 9.60. The van der Waals surface area contributed by atoms with Crippen LogP contribution in [0.1, 0.15) is 16.7 Å². The normalized spacial score (nSPS) is 10.6. The van der Waals surface area contributed by atoms with Crippen LogP contribution in [0.15, 0.2) is 46.9 Å². The van der Waals surface area contributed by atoms with Gasteiger partial charge in [-0.2, -0.15) is 0 Å². The van der Waals surface area contributed by atoms with Crippen LogP contribution in [0.2, 0.25) is 0 Å². The van der Waals surface area contributed by atoms with Crippen LogP contribution < -0.4 is 10.2 Å². The topological polar surface area (TPSA) is 15.3 Å². The fraction of sp³-hybridized carbons (Fsp3) is 0.294. The molecule has 0 atom stereocenters. The van der Waals surface area contributed by atoms with Crippen molar-refractivity contribution in [3.63, 3.8) is 0 Å². The lowest BCUT2D eigenvalue weighted by atomic mass is 10.1. The Kier molecular flexibility index (Phi) is 5.21. The van der Waals surface area contributed by atoms with Crippen molar-refractivity contribution < 1.29 is 0 Å². The van der Waals surface area contributed by atoms with E-state index in [9.17, 15) is 0 Å². The number of anilines is 1. The number of benzene rings is 2. The maximum absolute atomic E-state index is 3.47. The van der Waals surface area contributed by atoms with Gasteiger partial charge in [-0.1, -0.05) is 34.1 Å². The van der Waals surface area contributed by atoms with E-state index in [0.29, 0.717) is 0 Å². The highest BCUT2D eigenvalue weighted by Crippen LogP contribution is 2.20. The van der Waals surface area contributed by atoms with Gasteiger partial charge < -0.3 is 10.2 Å². The van der Waals surface area contributed by atoms with E-state index in [2.05, 4.69) is 82.6 Å². The lowest BCUT2D eigenvalue weighted by molar-refractivity contribution is 0.811. The van der Waals surface area contributed by atoms with Crippen molar-refractivity contribution in [2.24, 2.45) is 0 Å². The molecule has 2 aromatic carbocycles. The number of rotatable bonds is 5. The molecule has 0 aliphatic carbocycles. The smallest absolute Gasteiger partial charge is 0.0426 e. The summed E-state index contributed by atoms with van der Waals surface area (Å²) in [5.41, 5.74) is 5.26. The predicted molar refractivity (Wildman–Crippen MR) is 90.2 cm³/mol. The van der Waals surface area contributed by atoms with E-state index in [-0.39, 0.29) is 0 Å². The first-order valence-corrected chi connectivity index (χ1v) is 7.59. The second-order valence-corrected chi connectivity index (χ2v) is 6.04. The highest BCUT2D eigenvalue weighted by atomic mass is 79.9. The number of hydrogen-bond acceptors (Lipinski definition) is 2. The van der Waals surface area contributed by atoms with E-state index in [0.717, 1.165) is 17.6 Å². The Labute approximate surface area is 129 Å². The zero-order valence-electron chi connectivity index (χ0n) is 12.3. The van der Waals surface area contributed by atoms with Crippen molar-refractivity contribution in [3.05, 3.63) is 63.6 Å². The van der Waals surface area contributed by atoms with Crippen LogP contribution in [0.3, 0.4) is 0 Å². The van der Waals surface area contributed by atoms with Gasteiger partial charge in [0, 0.05) is 30.3 Å². The van der Waals surface area contributed by atoms with E-state index in [1.54, 1.807) is 0 Å². The number of nitrogens with one attached hydrogen (secondary N) is 1. The number of hydrogen-bond donors (Lipinski definition) is 1. The predicted octanol–water partition coefficient (Wildman–Crippen LogP) is 4.11. The molecule has 0 heterocycles. The fourth-order valence-corrected chi connectivity index (χ4v) is 2.53. The molecule has 2 rings (SSSR count). The summed E-state index contributed by atoms with van der Waals surface area (Å²) < 4.78 is 1.12. The van der Waals surface area contributed by atoms with E-state index < -0.39 is 0 Å². The molecule has 2 aromatic rings. The third-order valence-corrected chi connectivity index (χ3v) is 4.00. The molecular formula is C17H21BrN2. The van der Waals surface area contributed by atoms with Crippen LogP contribution in [0.4, 0.5) is 5.69 Å². The molecule has 20 heavy (non-hydrogen) atoms. The molecule has 0 aliphatic rings. The zero-order valence-corrected chi connectivity index (χ0v) is 13.9. The van der Waals surface area contributed by atoms with Crippen LogP contribution >= 0.6 is 15.9 Å². The van der Waals surface area contributed by atoms with Gasteiger partial charge in [0.25, 0.3) is 0 Å². The van der Waals surface area contributed by atoms with Gasteiger partial charge in [-0.25, -0.2) is 0 Å². The van der Waals surface area contributed by atoms with Crippen LogP contribution in [-0.4, -0.2) is 14.1 Å². The summed E-state index contributed by atoms with van der Waals surface area (Å²) in [6, 6.07) is 15.1. The molecule has 0 radical (unpaired) electrons. The highest BCUT2D eigenvalue weighted by Gasteiger charge is 2.05. The van der Waals surface area contributed by atoms with E-state index >= 15 is 0 Å². The molecule has 0 aliphatic heterocycles. The first-order valence-electron chi connectivity index (χ1n) is 6.80. The van der Waals surface area contributed by atoms with Crippen molar-refractivity contribution in [1.82, 2.24) is 5.32 Å². The number of aryl methyl sites for hydroxylation is 1. The molecular weight excluding hydrogens is 312 g/mol. The van der Waals surface area contributed by atoms with Gasteiger partial charge >= 0.3 is 0 Å². The molecule has 1 N–H and O–H groups in total. The fourth-order valence-electron chi connectivity index (χ4n) is 2.26. The second kappa shape index (κ2) is 6.91. The Balaban J connectivity index is 2.10. The van der Waals surface area contributed by atoms with E-state index in [1.807, 2.05) is 7.05 Å². The minimum Gasteiger partial charge on any atom is -0.370 e. The summed E-state index contributed by atoms with van der Waals surface area (Å²) in [6.45, 7) is 4.00. The zero-order chi connectivity index (χ0) is 14.5. The van der Waals surface area contributed by atoms with Gasteiger partial charge in [-0.15, -0.1) is 0 Å². The SMILES string of the molecule is CNCc1ccc(N(C)Cc2ccc(Br)cc2)cc1C. The molecule has 0 fully saturated rings. The Hall–Kier alpha value is -1.32. The van der Waals surface area contributed by atoms with Crippen molar-refractivity contribution in [1.29, 1.82) is 0 Å². The lowest BCUT2D eigenvalue weighted by Crippen LogP contribution is -2.17. The largest absolute Gasteiger partial charge is 0.370 e. The molecule has 0 unspecified atom stereocenters. The summed E-state index contributed by atoms with van der Waals surface area (Å²) in [5, 5.41) is 3.20. The van der Waals surface area contributed by atoms with Gasteiger partial charge in [0.15, 0.2) is 0 Å². The minimum atomic E-state index is 0.915. The average Bonchev–Trinajstić information content (AvgIpc) is 2.44. The van der Waals surface area contributed by atoms with Crippen molar-refractivity contribution in [2.45, 2.75) is 20.0 Å². The van der Waals surface area contributed by atoms with Crippen molar-refractivity contribution >= 4 is 21.6 Å². The van der Waals surface area contributed by atoms with E-state index in [4.69, 9.17) is 0 Å². The van der Waals surface area contributed by atoms with Crippen LogP contribution in [0.25, 0.3) is 0 Å². The quantitative estimate of drug-likeness (QED) is 0.886. The van der Waals surface area contributed by atoms with Crippen LogP contribution in [0, 0.1) is 6.92 Å². The van der Waals surface area contributed by atoms with Gasteiger partial charge in [-0.3, -0.25) is 0 Å². The number of nitrogens with zero attached hydrogens (tertiary/aromatic N) is 1. The van der Waals surface area contributed by atoms with Gasteiger partial charge in [0.05, 0.1) is 0 Å². The van der Waals surface area contributed by atoms with Gasteiger partial charge in [-0.05, 0) is 54.9 Å². The van der Waals surface area contributed by atoms with Crippen LogP contribution in [0.5, 0.6) is 0 Å². The van der Waals surface area contributed by atoms with E-state index in [1.165, 1.54) is 22.4 Å². The Morgan fingerprint density at radius 2 is 1.80 bits per heavy atom. The molecule has 0 spiro atoms. The summed E-state index contributed by atoms with van der Waals surface area (Å²) >= 11 is 3.47. The Morgan fingerprint density at radius 3 is 2.40 bits per heavy atom. The second-order valence-electron chi connectivity index (χ2n) is 5.12. The molecule has 0 bridgehead atoms. The maximum Gasteiger partial charge on any atom is 0.0426 e. The van der Waals surface area contributed by atoms with Crippen LogP contribution in [-0.2, 0) is 13.1 Å². The van der Waals surface area contributed by atoms with Crippen molar-refractivity contribution in [2.75, 3.05) is 19.0 Å². The lowest BCUT2D eigenvalue weighted by Gasteiger charge is -2.21. The summed E-state index contributed by atoms with van der Waals surface area (Å²) in [6.07, 6.45) is 0. The molecule has 106 valence electrons. The average molecular weight is 333 g/mol. The molecule has 2 nitrogen and oxygen atoms in total. The molecule has 0 amide bonds. The third-order valence-electron chi connectivity index (χ3n) is 3.47.